The Morgan fingerprint density at radius 2 is 1.44 bits per heavy atom. The number of hydrogen-bond donors (Lipinski definition) is 2. The number of phenolic OH excluding ortho intramolecular Hbond substituents is 1. The van der Waals surface area contributed by atoms with Crippen LogP contribution in [0.5, 0.6) is 5.75 Å². The first-order valence-corrected chi connectivity index (χ1v) is 5.91. The highest BCUT2D eigenvalue weighted by molar-refractivity contribution is 6.25. The van der Waals surface area contributed by atoms with Gasteiger partial charge in [0.15, 0.2) is 0 Å². The zero-order chi connectivity index (χ0) is 12.3. The molecule has 86 valence electrons. The zero-order valence-corrected chi connectivity index (χ0v) is 9.64. The molecule has 0 amide bonds. The van der Waals surface area contributed by atoms with Gasteiger partial charge in [0.25, 0.3) is 0 Å². The van der Waals surface area contributed by atoms with Gasteiger partial charge in [0.2, 0.25) is 0 Å². The molecule has 0 aromatic heterocycles. The number of phenols is 1. The van der Waals surface area contributed by atoms with E-state index in [0.717, 1.165) is 16.2 Å². The molecule has 0 saturated carbocycles. The number of benzene rings is 4. The maximum Gasteiger partial charge on any atom is 0.139 e. The summed E-state index contributed by atoms with van der Waals surface area (Å²) < 4.78 is 0. The lowest BCUT2D eigenvalue weighted by Crippen LogP contribution is -1.90. The van der Waals surface area contributed by atoms with E-state index >= 15 is 0 Å². The second-order valence-electron chi connectivity index (χ2n) is 4.67. The molecule has 0 fully saturated rings. The van der Waals surface area contributed by atoms with Crippen LogP contribution in [-0.2, 0) is 0 Å². The molecule has 2 nitrogen and oxygen atoms in total. The van der Waals surface area contributed by atoms with Crippen LogP contribution < -0.4 is 5.73 Å². The van der Waals surface area contributed by atoms with Crippen molar-refractivity contribution >= 4 is 38.0 Å². The van der Waals surface area contributed by atoms with Crippen molar-refractivity contribution in [1.82, 2.24) is 0 Å². The molecule has 0 unspecified atom stereocenters. The van der Waals surface area contributed by atoms with E-state index in [1.54, 1.807) is 6.07 Å². The van der Waals surface area contributed by atoms with Crippen molar-refractivity contribution < 1.29 is 5.11 Å². The Morgan fingerprint density at radius 3 is 2.22 bits per heavy atom. The number of aromatic hydroxyl groups is 1. The molecule has 0 heterocycles. The molecule has 4 aromatic rings. The van der Waals surface area contributed by atoms with E-state index in [0.29, 0.717) is 5.69 Å². The SMILES string of the molecule is Nc1c(O)cc2ccc3cccc4ccc1c2c34. The summed E-state index contributed by atoms with van der Waals surface area (Å²) in [7, 11) is 0. The highest BCUT2D eigenvalue weighted by Gasteiger charge is 2.11. The van der Waals surface area contributed by atoms with Gasteiger partial charge in [-0.15, -0.1) is 0 Å². The quantitative estimate of drug-likeness (QED) is 0.275. The van der Waals surface area contributed by atoms with Crippen LogP contribution in [0.15, 0.2) is 48.5 Å². The van der Waals surface area contributed by atoms with Crippen LogP contribution in [0.1, 0.15) is 0 Å². The van der Waals surface area contributed by atoms with Gasteiger partial charge in [-0.25, -0.2) is 0 Å². The van der Waals surface area contributed by atoms with Gasteiger partial charge in [0, 0.05) is 5.39 Å². The Morgan fingerprint density at radius 1 is 0.778 bits per heavy atom. The molecule has 4 rings (SSSR count). The second-order valence-corrected chi connectivity index (χ2v) is 4.67. The third-order valence-electron chi connectivity index (χ3n) is 3.67. The molecule has 0 saturated heterocycles. The summed E-state index contributed by atoms with van der Waals surface area (Å²) in [6.45, 7) is 0. The average molecular weight is 233 g/mol. The minimum Gasteiger partial charge on any atom is -0.506 e. The Bertz CT molecular complexity index is 880. The standard InChI is InChI=1S/C16H11NO/c17-16-12-7-6-10-3-1-2-9-4-5-11(8-13(16)18)15(12)14(9)10/h1-8,18H,17H2. The molecular formula is C16H11NO. The summed E-state index contributed by atoms with van der Waals surface area (Å²) in [5.41, 5.74) is 6.44. The van der Waals surface area contributed by atoms with E-state index < -0.39 is 0 Å². The van der Waals surface area contributed by atoms with E-state index in [2.05, 4.69) is 30.3 Å². The lowest BCUT2D eigenvalue weighted by molar-refractivity contribution is 0.479. The minimum atomic E-state index is 0.154. The normalized spacial score (nSPS) is 11.8. The molecule has 0 spiro atoms. The van der Waals surface area contributed by atoms with E-state index in [4.69, 9.17) is 5.73 Å². The Balaban J connectivity index is 2.46. The zero-order valence-electron chi connectivity index (χ0n) is 9.64. The first-order chi connectivity index (χ1) is 8.75. The van der Waals surface area contributed by atoms with E-state index in [1.165, 1.54) is 16.2 Å². The summed E-state index contributed by atoms with van der Waals surface area (Å²) in [6.07, 6.45) is 0. The topological polar surface area (TPSA) is 46.2 Å². The van der Waals surface area contributed by atoms with Gasteiger partial charge in [-0.3, -0.25) is 0 Å². The van der Waals surface area contributed by atoms with Crippen molar-refractivity contribution in [3.05, 3.63) is 48.5 Å². The molecule has 2 heteroatoms. The molecule has 4 aromatic carbocycles. The minimum absolute atomic E-state index is 0.154. The van der Waals surface area contributed by atoms with E-state index in [1.807, 2.05) is 12.1 Å². The van der Waals surface area contributed by atoms with Gasteiger partial charge >= 0.3 is 0 Å². The first-order valence-electron chi connectivity index (χ1n) is 5.91. The molecule has 3 N–H and O–H groups in total. The molecule has 0 aliphatic carbocycles. The molecule has 0 atom stereocenters. The van der Waals surface area contributed by atoms with Crippen molar-refractivity contribution in [2.45, 2.75) is 0 Å². The number of nitrogen functional groups attached to an aromatic ring is 1. The van der Waals surface area contributed by atoms with Crippen LogP contribution in [0.25, 0.3) is 32.3 Å². The predicted molar refractivity (Wildman–Crippen MR) is 76.2 cm³/mol. The van der Waals surface area contributed by atoms with Gasteiger partial charge < -0.3 is 10.8 Å². The fraction of sp³-hybridized carbons (Fsp3) is 0. The van der Waals surface area contributed by atoms with Crippen LogP contribution in [0.3, 0.4) is 0 Å². The van der Waals surface area contributed by atoms with Gasteiger partial charge in [-0.2, -0.15) is 0 Å². The van der Waals surface area contributed by atoms with Crippen molar-refractivity contribution in [2.75, 3.05) is 5.73 Å². The Labute approximate surface area is 104 Å². The fourth-order valence-electron chi connectivity index (χ4n) is 2.82. The lowest BCUT2D eigenvalue weighted by atomic mass is 9.93. The number of anilines is 1. The van der Waals surface area contributed by atoms with Crippen LogP contribution in [0, 0.1) is 0 Å². The second kappa shape index (κ2) is 3.05. The van der Waals surface area contributed by atoms with Crippen molar-refractivity contribution in [3.8, 4) is 5.75 Å². The van der Waals surface area contributed by atoms with Crippen molar-refractivity contribution in [2.24, 2.45) is 0 Å². The maximum absolute atomic E-state index is 9.86. The highest BCUT2D eigenvalue weighted by Crippen LogP contribution is 2.40. The van der Waals surface area contributed by atoms with E-state index in [-0.39, 0.29) is 5.75 Å². The summed E-state index contributed by atoms with van der Waals surface area (Å²) >= 11 is 0. The largest absolute Gasteiger partial charge is 0.506 e. The van der Waals surface area contributed by atoms with Crippen LogP contribution >= 0.6 is 0 Å². The molecule has 0 aliphatic rings. The Hall–Kier alpha value is -2.48. The lowest BCUT2D eigenvalue weighted by Gasteiger charge is -2.12. The van der Waals surface area contributed by atoms with Gasteiger partial charge in [0.05, 0.1) is 5.69 Å². The summed E-state index contributed by atoms with van der Waals surface area (Å²) in [5, 5.41) is 16.6. The monoisotopic (exact) mass is 233 g/mol. The maximum atomic E-state index is 9.86. The van der Waals surface area contributed by atoms with Crippen molar-refractivity contribution in [3.63, 3.8) is 0 Å². The van der Waals surface area contributed by atoms with Gasteiger partial charge in [0.1, 0.15) is 5.75 Å². The molecule has 0 radical (unpaired) electrons. The average Bonchev–Trinajstić information content (AvgIpc) is 2.40. The third kappa shape index (κ3) is 1.02. The first kappa shape index (κ1) is 9.54. The number of rotatable bonds is 0. The Kier molecular flexibility index (Phi) is 1.61. The summed E-state index contributed by atoms with van der Waals surface area (Å²) in [4.78, 5) is 0. The van der Waals surface area contributed by atoms with Crippen molar-refractivity contribution in [1.29, 1.82) is 0 Å². The molecule has 0 aliphatic heterocycles. The predicted octanol–water partition coefficient (Wildman–Crippen LogP) is 3.87. The van der Waals surface area contributed by atoms with Gasteiger partial charge in [-0.05, 0) is 33.0 Å². The van der Waals surface area contributed by atoms with E-state index in [9.17, 15) is 5.11 Å². The molecular weight excluding hydrogens is 222 g/mol. The van der Waals surface area contributed by atoms with Gasteiger partial charge in [-0.1, -0.05) is 42.5 Å². The van der Waals surface area contributed by atoms with Crippen LogP contribution in [-0.4, -0.2) is 5.11 Å². The number of hydrogen-bond acceptors (Lipinski definition) is 2. The highest BCUT2D eigenvalue weighted by atomic mass is 16.3. The smallest absolute Gasteiger partial charge is 0.139 e. The molecule has 18 heavy (non-hydrogen) atoms. The summed E-state index contributed by atoms with van der Waals surface area (Å²) in [6, 6.07) is 16.2. The van der Waals surface area contributed by atoms with Crippen LogP contribution in [0.2, 0.25) is 0 Å². The number of nitrogens with two attached hydrogens (primary N) is 1. The fourth-order valence-corrected chi connectivity index (χ4v) is 2.82. The van der Waals surface area contributed by atoms with Crippen LogP contribution in [0.4, 0.5) is 5.69 Å². The molecule has 0 bridgehead atoms. The third-order valence-corrected chi connectivity index (χ3v) is 3.67. The summed E-state index contributed by atoms with van der Waals surface area (Å²) in [5.74, 6) is 0.154.